The third-order valence-electron chi connectivity index (χ3n) is 4.46. The van der Waals surface area contributed by atoms with Gasteiger partial charge in [0.05, 0.1) is 6.10 Å². The van der Waals surface area contributed by atoms with Gasteiger partial charge in [-0.1, -0.05) is 23.7 Å². The van der Waals surface area contributed by atoms with E-state index in [1.165, 1.54) is 0 Å². The number of nitrogens with zero attached hydrogens (tertiary/aromatic N) is 1. The molecule has 110 valence electrons. The van der Waals surface area contributed by atoms with Crippen molar-refractivity contribution in [1.29, 1.82) is 0 Å². The summed E-state index contributed by atoms with van der Waals surface area (Å²) in [4.78, 5) is 12.0. The Kier molecular flexibility index (Phi) is 3.98. The molecule has 2 fully saturated rings. The molecule has 1 saturated heterocycles. The van der Waals surface area contributed by atoms with Crippen LogP contribution in [0.5, 0.6) is 0 Å². The number of carbonyl (C=O) groups excluding carboxylic acids is 1. The topological polar surface area (TPSA) is 64.4 Å². The third-order valence-corrected chi connectivity index (χ3v) is 4.63. The molecular weight excluding hydrogens is 280 g/mol. The van der Waals surface area contributed by atoms with Gasteiger partial charge in [0.2, 0.25) is 5.91 Å². The van der Waals surface area contributed by atoms with Crippen molar-refractivity contribution in [2.75, 3.05) is 6.61 Å². The zero-order valence-corrected chi connectivity index (χ0v) is 12.2. The fraction of sp³-hybridized carbons (Fsp3) is 0.714. The summed E-state index contributed by atoms with van der Waals surface area (Å²) in [6.07, 6.45) is 3.39. The fourth-order valence-corrected chi connectivity index (χ4v) is 3.59. The molecule has 1 amide bonds. The quantitative estimate of drug-likeness (QED) is 0.905. The lowest BCUT2D eigenvalue weighted by Gasteiger charge is -2.47. The van der Waals surface area contributed by atoms with Gasteiger partial charge in [0.25, 0.3) is 0 Å². The van der Waals surface area contributed by atoms with Gasteiger partial charge in [-0.05, 0) is 12.8 Å². The first kappa shape index (κ1) is 13.9. The lowest BCUT2D eigenvalue weighted by molar-refractivity contribution is -0.127. The summed E-state index contributed by atoms with van der Waals surface area (Å²) in [5.41, 5.74) is 0. The van der Waals surface area contributed by atoms with Crippen molar-refractivity contribution < 1.29 is 14.1 Å². The molecule has 1 saturated carbocycles. The van der Waals surface area contributed by atoms with Crippen molar-refractivity contribution >= 4 is 17.5 Å². The second kappa shape index (κ2) is 5.74. The van der Waals surface area contributed by atoms with Crippen molar-refractivity contribution in [3.05, 3.63) is 17.0 Å². The molecule has 0 unspecified atom stereocenters. The minimum Gasteiger partial charge on any atom is -0.377 e. The second-order valence-corrected chi connectivity index (χ2v) is 5.96. The average molecular weight is 299 g/mol. The summed E-state index contributed by atoms with van der Waals surface area (Å²) in [7, 11) is 0. The first-order chi connectivity index (χ1) is 9.69. The van der Waals surface area contributed by atoms with Gasteiger partial charge in [-0.2, -0.15) is 0 Å². The molecule has 0 spiro atoms. The van der Waals surface area contributed by atoms with Crippen LogP contribution in [0.15, 0.2) is 10.6 Å². The molecule has 4 atom stereocenters. The van der Waals surface area contributed by atoms with Crippen LogP contribution in [0, 0.1) is 11.8 Å². The van der Waals surface area contributed by atoms with Crippen LogP contribution in [-0.2, 0) is 16.0 Å². The summed E-state index contributed by atoms with van der Waals surface area (Å²) >= 11 is 5.67. The molecule has 0 aromatic carbocycles. The zero-order chi connectivity index (χ0) is 14.1. The number of carbonyl (C=O) groups is 1. The molecule has 1 aliphatic carbocycles. The summed E-state index contributed by atoms with van der Waals surface area (Å²) < 4.78 is 10.7. The van der Waals surface area contributed by atoms with Crippen LogP contribution in [-0.4, -0.2) is 29.8 Å². The fourth-order valence-electron chi connectivity index (χ4n) is 3.43. The summed E-state index contributed by atoms with van der Waals surface area (Å²) in [6, 6.07) is 1.92. The summed E-state index contributed by atoms with van der Waals surface area (Å²) in [5.74, 6) is 1.67. The molecular formula is C14H19ClN2O3. The zero-order valence-electron chi connectivity index (χ0n) is 11.5. The summed E-state index contributed by atoms with van der Waals surface area (Å²) in [5, 5.41) is 7.08. The Morgan fingerprint density at radius 3 is 3.15 bits per heavy atom. The molecule has 2 heterocycles. The van der Waals surface area contributed by atoms with Crippen LogP contribution in [0.1, 0.15) is 31.9 Å². The number of hydrogen-bond acceptors (Lipinski definition) is 4. The Bertz CT molecular complexity index is 491. The highest BCUT2D eigenvalue weighted by atomic mass is 35.5. The van der Waals surface area contributed by atoms with Crippen molar-refractivity contribution in [2.45, 2.75) is 44.8 Å². The van der Waals surface area contributed by atoms with Crippen LogP contribution < -0.4 is 5.32 Å². The molecule has 20 heavy (non-hydrogen) atoms. The molecule has 1 aromatic heterocycles. The van der Waals surface area contributed by atoms with E-state index < -0.39 is 0 Å². The maximum absolute atomic E-state index is 12.0. The van der Waals surface area contributed by atoms with Crippen molar-refractivity contribution in [3.63, 3.8) is 0 Å². The molecule has 0 radical (unpaired) electrons. The van der Waals surface area contributed by atoms with Gasteiger partial charge >= 0.3 is 0 Å². The second-order valence-electron chi connectivity index (χ2n) is 5.57. The van der Waals surface area contributed by atoms with Gasteiger partial charge < -0.3 is 14.6 Å². The van der Waals surface area contributed by atoms with Gasteiger partial charge in [-0.15, -0.1) is 0 Å². The number of fused-ring (bicyclic) bond motifs is 1. The number of ether oxygens (including phenoxy) is 1. The smallest absolute Gasteiger partial charge is 0.220 e. The molecule has 5 nitrogen and oxygen atoms in total. The van der Waals surface area contributed by atoms with Crippen LogP contribution >= 0.6 is 11.6 Å². The van der Waals surface area contributed by atoms with Gasteiger partial charge in [0.1, 0.15) is 5.76 Å². The maximum Gasteiger partial charge on any atom is 0.220 e. The lowest BCUT2D eigenvalue weighted by atomic mass is 9.65. The summed E-state index contributed by atoms with van der Waals surface area (Å²) in [6.45, 7) is 2.98. The number of halogens is 1. The Labute approximate surface area is 123 Å². The van der Waals surface area contributed by atoms with Gasteiger partial charge in [-0.25, -0.2) is 0 Å². The largest absolute Gasteiger partial charge is 0.377 e. The van der Waals surface area contributed by atoms with E-state index in [1.54, 1.807) is 6.07 Å². The highest BCUT2D eigenvalue weighted by molar-refractivity contribution is 6.29. The molecule has 1 N–H and O–H groups in total. The number of aromatic nitrogens is 1. The average Bonchev–Trinajstić information content (AvgIpc) is 3.01. The van der Waals surface area contributed by atoms with Crippen molar-refractivity contribution in [2.24, 2.45) is 11.8 Å². The van der Waals surface area contributed by atoms with E-state index in [9.17, 15) is 4.79 Å². The van der Waals surface area contributed by atoms with E-state index in [-0.39, 0.29) is 11.9 Å². The van der Waals surface area contributed by atoms with Gasteiger partial charge in [-0.3, -0.25) is 4.79 Å². The Hall–Kier alpha value is -1.07. The predicted molar refractivity (Wildman–Crippen MR) is 73.4 cm³/mol. The normalized spacial score (nSPS) is 31.7. The Balaban J connectivity index is 1.49. The number of rotatable bonds is 5. The van der Waals surface area contributed by atoms with Crippen LogP contribution in [0.3, 0.4) is 0 Å². The molecule has 1 aliphatic heterocycles. The molecule has 1 aromatic rings. The van der Waals surface area contributed by atoms with Crippen LogP contribution in [0.25, 0.3) is 0 Å². The molecule has 2 aliphatic rings. The highest BCUT2D eigenvalue weighted by Crippen LogP contribution is 2.45. The Morgan fingerprint density at radius 2 is 2.45 bits per heavy atom. The lowest BCUT2D eigenvalue weighted by Crippen LogP contribution is -2.61. The third kappa shape index (κ3) is 2.56. The van der Waals surface area contributed by atoms with Gasteiger partial charge in [0, 0.05) is 43.4 Å². The van der Waals surface area contributed by atoms with Crippen LogP contribution in [0.4, 0.5) is 0 Å². The van der Waals surface area contributed by atoms with E-state index in [4.69, 9.17) is 20.9 Å². The number of nitrogens with one attached hydrogen (secondary N) is 1. The van der Waals surface area contributed by atoms with Crippen molar-refractivity contribution in [3.8, 4) is 0 Å². The number of aryl methyl sites for hydroxylation is 1. The van der Waals surface area contributed by atoms with Gasteiger partial charge in [0.15, 0.2) is 5.15 Å². The molecule has 3 rings (SSSR count). The minimum atomic E-state index is 0.0614. The van der Waals surface area contributed by atoms with Crippen molar-refractivity contribution in [1.82, 2.24) is 10.5 Å². The minimum absolute atomic E-state index is 0.0614. The van der Waals surface area contributed by atoms with E-state index in [0.29, 0.717) is 41.7 Å². The van der Waals surface area contributed by atoms with E-state index in [0.717, 1.165) is 19.4 Å². The monoisotopic (exact) mass is 298 g/mol. The van der Waals surface area contributed by atoms with E-state index in [1.807, 2.05) is 0 Å². The number of hydrogen-bond donors (Lipinski definition) is 1. The standard InChI is InChI=1S/C14H19ClN2O3/c1-2-9-13(10-5-6-19-14(9)10)16-12(18)4-3-8-7-11(15)17-20-8/h7,9-10,13-14H,2-6H2,1H3,(H,16,18)/t9-,10+,13-,14-/m1/s1. The molecule has 6 heteroatoms. The van der Waals surface area contributed by atoms with E-state index in [2.05, 4.69) is 17.4 Å². The highest BCUT2D eigenvalue weighted by Gasteiger charge is 2.53. The van der Waals surface area contributed by atoms with E-state index >= 15 is 0 Å². The number of amides is 1. The van der Waals surface area contributed by atoms with Crippen LogP contribution in [0.2, 0.25) is 5.15 Å². The first-order valence-electron chi connectivity index (χ1n) is 7.21. The Morgan fingerprint density at radius 1 is 1.60 bits per heavy atom. The first-order valence-corrected chi connectivity index (χ1v) is 7.59. The SMILES string of the molecule is CC[C@@H]1[C@@H](NC(=O)CCc2cc(Cl)no2)[C@@H]2CCO[C@H]12. The predicted octanol–water partition coefficient (Wildman–Crippen LogP) is 2.19. The molecule has 0 bridgehead atoms. The maximum atomic E-state index is 12.0.